The third-order valence-corrected chi connectivity index (χ3v) is 6.81. The molecule has 176 valence electrons. The number of hydrogen-bond donors (Lipinski definition) is 0. The Morgan fingerprint density at radius 3 is 2.18 bits per heavy atom. The standard InChI is InChI=1S/C29H36O4/c1-5-7-8-9-27(31)22-11-13-24-23-12-10-20(3)18-25(23)29(26(24)19-22,16-14-21(4)30)17-15-28(32)33-6-2/h10-13,18-19H,5-9,14-17H2,1-4H3. The first kappa shape index (κ1) is 24.9. The number of carbonyl (C=O) groups is 3. The summed E-state index contributed by atoms with van der Waals surface area (Å²) in [7, 11) is 0. The summed E-state index contributed by atoms with van der Waals surface area (Å²) >= 11 is 0. The van der Waals surface area contributed by atoms with Gasteiger partial charge in [-0.1, -0.05) is 55.7 Å². The molecule has 0 N–H and O–H groups in total. The van der Waals surface area contributed by atoms with Gasteiger partial charge in [-0.25, -0.2) is 0 Å². The van der Waals surface area contributed by atoms with Crippen LogP contribution in [-0.2, 0) is 19.7 Å². The number of ketones is 2. The first-order valence-corrected chi connectivity index (χ1v) is 12.3. The summed E-state index contributed by atoms with van der Waals surface area (Å²) in [5.74, 6) is 0.0540. The molecule has 0 fully saturated rings. The molecule has 0 saturated heterocycles. The average Bonchev–Trinajstić information content (AvgIpc) is 3.05. The third-order valence-electron chi connectivity index (χ3n) is 6.81. The number of unbranched alkanes of at least 4 members (excludes halogenated alkanes) is 2. The molecule has 1 aliphatic rings. The highest BCUT2D eigenvalue weighted by Gasteiger charge is 2.43. The van der Waals surface area contributed by atoms with Crippen molar-refractivity contribution >= 4 is 17.5 Å². The Bertz CT molecular complexity index is 1040. The number of esters is 1. The molecular formula is C29H36O4. The monoisotopic (exact) mass is 448 g/mol. The predicted octanol–water partition coefficient (Wildman–Crippen LogP) is 6.74. The maximum atomic E-state index is 12.9. The molecule has 4 heteroatoms. The first-order valence-electron chi connectivity index (χ1n) is 12.3. The van der Waals surface area contributed by atoms with E-state index in [4.69, 9.17) is 4.74 Å². The van der Waals surface area contributed by atoms with Crippen molar-refractivity contribution < 1.29 is 19.1 Å². The van der Waals surface area contributed by atoms with Gasteiger partial charge in [0.2, 0.25) is 0 Å². The molecule has 1 unspecified atom stereocenters. The Labute approximate surface area is 197 Å². The molecule has 0 bridgehead atoms. The summed E-state index contributed by atoms with van der Waals surface area (Å²) in [6, 6.07) is 12.4. The van der Waals surface area contributed by atoms with E-state index in [1.165, 1.54) is 0 Å². The van der Waals surface area contributed by atoms with E-state index in [0.29, 0.717) is 32.3 Å². The third kappa shape index (κ3) is 5.43. The number of fused-ring (bicyclic) bond motifs is 3. The second-order valence-electron chi connectivity index (χ2n) is 9.28. The molecular weight excluding hydrogens is 412 g/mol. The minimum atomic E-state index is -0.491. The fraction of sp³-hybridized carbons (Fsp3) is 0.483. The number of aryl methyl sites for hydroxylation is 1. The van der Waals surface area contributed by atoms with Crippen molar-refractivity contribution in [2.75, 3.05) is 6.61 Å². The van der Waals surface area contributed by atoms with Crippen LogP contribution in [0.3, 0.4) is 0 Å². The molecule has 33 heavy (non-hydrogen) atoms. The van der Waals surface area contributed by atoms with Gasteiger partial charge in [-0.3, -0.25) is 9.59 Å². The molecule has 2 aromatic carbocycles. The maximum absolute atomic E-state index is 12.9. The van der Waals surface area contributed by atoms with E-state index < -0.39 is 5.41 Å². The second-order valence-corrected chi connectivity index (χ2v) is 9.28. The highest BCUT2D eigenvalue weighted by Crippen LogP contribution is 2.54. The van der Waals surface area contributed by atoms with Crippen LogP contribution in [0.1, 0.15) is 99.2 Å². The van der Waals surface area contributed by atoms with Crippen LogP contribution in [0, 0.1) is 6.92 Å². The van der Waals surface area contributed by atoms with Crippen LogP contribution in [0.25, 0.3) is 11.1 Å². The zero-order chi connectivity index (χ0) is 24.0. The minimum Gasteiger partial charge on any atom is -0.466 e. The van der Waals surface area contributed by atoms with Crippen molar-refractivity contribution in [1.82, 2.24) is 0 Å². The fourth-order valence-corrected chi connectivity index (χ4v) is 5.06. The molecule has 1 aliphatic carbocycles. The van der Waals surface area contributed by atoms with Gasteiger partial charge >= 0.3 is 5.97 Å². The van der Waals surface area contributed by atoms with E-state index in [9.17, 15) is 14.4 Å². The van der Waals surface area contributed by atoms with Crippen LogP contribution in [0.4, 0.5) is 0 Å². The predicted molar refractivity (Wildman–Crippen MR) is 132 cm³/mol. The molecule has 2 aromatic rings. The summed E-state index contributed by atoms with van der Waals surface area (Å²) in [6.07, 6.45) is 5.41. The lowest BCUT2D eigenvalue weighted by Crippen LogP contribution is -2.28. The van der Waals surface area contributed by atoms with E-state index in [0.717, 1.165) is 52.6 Å². The van der Waals surface area contributed by atoms with Gasteiger partial charge in [-0.2, -0.15) is 0 Å². The molecule has 0 aliphatic heterocycles. The Hall–Kier alpha value is -2.75. The summed E-state index contributed by atoms with van der Waals surface area (Å²) in [5, 5.41) is 0. The lowest BCUT2D eigenvalue weighted by Gasteiger charge is -2.32. The van der Waals surface area contributed by atoms with E-state index in [1.807, 2.05) is 19.1 Å². The number of Topliss-reactive ketones (excluding diaryl/α,β-unsaturated/α-hetero) is 2. The molecule has 4 nitrogen and oxygen atoms in total. The highest BCUT2D eigenvalue weighted by atomic mass is 16.5. The molecule has 0 aromatic heterocycles. The van der Waals surface area contributed by atoms with Crippen LogP contribution >= 0.6 is 0 Å². The van der Waals surface area contributed by atoms with Crippen molar-refractivity contribution in [3.05, 3.63) is 58.7 Å². The van der Waals surface area contributed by atoms with E-state index in [-0.39, 0.29) is 24.0 Å². The van der Waals surface area contributed by atoms with Crippen molar-refractivity contribution in [3.63, 3.8) is 0 Å². The van der Waals surface area contributed by atoms with Crippen LogP contribution < -0.4 is 0 Å². The van der Waals surface area contributed by atoms with E-state index >= 15 is 0 Å². The van der Waals surface area contributed by atoms with Gasteiger partial charge in [-0.05, 0) is 68.4 Å². The largest absolute Gasteiger partial charge is 0.466 e. The van der Waals surface area contributed by atoms with Crippen LogP contribution in [0.5, 0.6) is 0 Å². The van der Waals surface area contributed by atoms with Crippen molar-refractivity contribution in [1.29, 1.82) is 0 Å². The van der Waals surface area contributed by atoms with E-state index in [2.05, 4.69) is 38.1 Å². The number of ether oxygens (including phenoxy) is 1. The Balaban J connectivity index is 2.10. The number of benzene rings is 2. The van der Waals surface area contributed by atoms with Crippen LogP contribution in [0.2, 0.25) is 0 Å². The lowest BCUT2D eigenvalue weighted by atomic mass is 9.70. The number of carbonyl (C=O) groups excluding carboxylic acids is 3. The summed E-state index contributed by atoms with van der Waals surface area (Å²) in [5.41, 5.74) is 5.82. The second kappa shape index (κ2) is 10.9. The zero-order valence-corrected chi connectivity index (χ0v) is 20.5. The Kier molecular flexibility index (Phi) is 8.23. The van der Waals surface area contributed by atoms with Gasteiger partial charge in [0.05, 0.1) is 6.61 Å². The first-order chi connectivity index (χ1) is 15.8. The van der Waals surface area contributed by atoms with Crippen molar-refractivity contribution in [2.45, 2.75) is 84.5 Å². The molecule has 0 spiro atoms. The van der Waals surface area contributed by atoms with E-state index in [1.54, 1.807) is 6.92 Å². The van der Waals surface area contributed by atoms with Crippen molar-refractivity contribution in [2.24, 2.45) is 0 Å². The van der Waals surface area contributed by atoms with Crippen molar-refractivity contribution in [3.8, 4) is 11.1 Å². The van der Waals surface area contributed by atoms with Crippen LogP contribution in [-0.4, -0.2) is 24.1 Å². The summed E-state index contributed by atoms with van der Waals surface area (Å²) in [6.45, 7) is 7.96. The number of hydrogen-bond acceptors (Lipinski definition) is 4. The van der Waals surface area contributed by atoms with Crippen LogP contribution in [0.15, 0.2) is 36.4 Å². The zero-order valence-electron chi connectivity index (χ0n) is 20.5. The Morgan fingerprint density at radius 1 is 0.848 bits per heavy atom. The van der Waals surface area contributed by atoms with Gasteiger partial charge < -0.3 is 9.53 Å². The fourth-order valence-electron chi connectivity index (χ4n) is 5.06. The maximum Gasteiger partial charge on any atom is 0.305 e. The average molecular weight is 449 g/mol. The van der Waals surface area contributed by atoms with Gasteiger partial charge in [-0.15, -0.1) is 0 Å². The molecule has 0 amide bonds. The minimum absolute atomic E-state index is 0.125. The smallest absolute Gasteiger partial charge is 0.305 e. The molecule has 1 atom stereocenters. The normalized spacial score (nSPS) is 16.2. The summed E-state index contributed by atoms with van der Waals surface area (Å²) < 4.78 is 5.23. The molecule has 3 rings (SSSR count). The number of rotatable bonds is 12. The van der Waals surface area contributed by atoms with Gasteiger partial charge in [0.25, 0.3) is 0 Å². The SMILES string of the molecule is CCCCCC(=O)c1ccc2c(c1)C(CCC(C)=O)(CCC(=O)OCC)c1cc(C)ccc1-2. The molecule has 0 saturated carbocycles. The topological polar surface area (TPSA) is 60.4 Å². The lowest BCUT2D eigenvalue weighted by molar-refractivity contribution is -0.143. The molecule has 0 heterocycles. The quantitative estimate of drug-likeness (QED) is 0.205. The Morgan fingerprint density at radius 2 is 1.52 bits per heavy atom. The van der Waals surface area contributed by atoms with Gasteiger partial charge in [0, 0.05) is 30.2 Å². The van der Waals surface area contributed by atoms with Gasteiger partial charge in [0.1, 0.15) is 5.78 Å². The summed E-state index contributed by atoms with van der Waals surface area (Å²) in [4.78, 5) is 37.3. The van der Waals surface area contributed by atoms with Gasteiger partial charge in [0.15, 0.2) is 5.78 Å². The highest BCUT2D eigenvalue weighted by molar-refractivity contribution is 5.98. The molecule has 0 radical (unpaired) electrons.